The molecule has 4 nitrogen and oxygen atoms in total. The number of nitrogens with two attached hydrogens (primary N) is 2. The molecule has 0 aliphatic carbocycles. The standard InChI is InChI=1S/C9H20N2O2/c1-3-6(12)5-7(9(10)11)8(13)4-2/h6,8,12-13H,3-5,10-11H2,1-2H3. The van der Waals surface area contributed by atoms with E-state index in [0.717, 1.165) is 0 Å². The number of rotatable bonds is 5. The summed E-state index contributed by atoms with van der Waals surface area (Å²) < 4.78 is 0. The van der Waals surface area contributed by atoms with E-state index in [9.17, 15) is 10.2 Å². The highest BCUT2D eigenvalue weighted by Crippen LogP contribution is 2.15. The summed E-state index contributed by atoms with van der Waals surface area (Å²) in [5.74, 6) is 0.127. The lowest BCUT2D eigenvalue weighted by Crippen LogP contribution is -2.23. The van der Waals surface area contributed by atoms with Crippen LogP contribution in [0.25, 0.3) is 0 Å². The van der Waals surface area contributed by atoms with Crippen molar-refractivity contribution in [2.75, 3.05) is 0 Å². The molecule has 0 aromatic rings. The molecule has 0 aromatic heterocycles. The van der Waals surface area contributed by atoms with Crippen LogP contribution in [0, 0.1) is 0 Å². The van der Waals surface area contributed by atoms with Crippen molar-refractivity contribution in [3.63, 3.8) is 0 Å². The van der Waals surface area contributed by atoms with Crippen LogP contribution in [-0.4, -0.2) is 22.4 Å². The van der Waals surface area contributed by atoms with Crippen LogP contribution in [0.3, 0.4) is 0 Å². The van der Waals surface area contributed by atoms with Gasteiger partial charge in [0, 0.05) is 12.0 Å². The highest BCUT2D eigenvalue weighted by atomic mass is 16.3. The van der Waals surface area contributed by atoms with E-state index in [1.165, 1.54) is 0 Å². The normalized spacial score (nSPS) is 15.1. The van der Waals surface area contributed by atoms with E-state index in [0.29, 0.717) is 24.8 Å². The van der Waals surface area contributed by atoms with E-state index in [2.05, 4.69) is 0 Å². The lowest BCUT2D eigenvalue weighted by atomic mass is 10.00. The highest BCUT2D eigenvalue weighted by molar-refractivity contribution is 5.13. The van der Waals surface area contributed by atoms with Crippen molar-refractivity contribution in [2.45, 2.75) is 45.3 Å². The molecule has 0 saturated carbocycles. The first-order valence-corrected chi connectivity index (χ1v) is 4.62. The molecular formula is C9H20N2O2. The van der Waals surface area contributed by atoms with Gasteiger partial charge in [0.15, 0.2) is 0 Å². The van der Waals surface area contributed by atoms with Gasteiger partial charge >= 0.3 is 0 Å². The van der Waals surface area contributed by atoms with Gasteiger partial charge < -0.3 is 21.7 Å². The molecule has 13 heavy (non-hydrogen) atoms. The average Bonchev–Trinajstić information content (AvgIpc) is 2.11. The molecule has 0 bridgehead atoms. The van der Waals surface area contributed by atoms with E-state index >= 15 is 0 Å². The van der Waals surface area contributed by atoms with E-state index < -0.39 is 12.2 Å². The molecule has 2 unspecified atom stereocenters. The summed E-state index contributed by atoms with van der Waals surface area (Å²) in [5, 5.41) is 18.9. The number of hydrogen-bond acceptors (Lipinski definition) is 4. The van der Waals surface area contributed by atoms with Crippen molar-refractivity contribution >= 4 is 0 Å². The molecule has 78 valence electrons. The van der Waals surface area contributed by atoms with Crippen LogP contribution in [0.5, 0.6) is 0 Å². The Kier molecular flexibility index (Phi) is 5.50. The van der Waals surface area contributed by atoms with Crippen LogP contribution >= 0.6 is 0 Å². The van der Waals surface area contributed by atoms with Gasteiger partial charge in [-0.3, -0.25) is 0 Å². The van der Waals surface area contributed by atoms with E-state index in [-0.39, 0.29) is 5.82 Å². The molecule has 2 atom stereocenters. The van der Waals surface area contributed by atoms with Crippen LogP contribution in [-0.2, 0) is 0 Å². The maximum atomic E-state index is 9.50. The molecule has 0 radical (unpaired) electrons. The summed E-state index contributed by atoms with van der Waals surface area (Å²) in [6.45, 7) is 3.71. The molecular weight excluding hydrogens is 168 g/mol. The topological polar surface area (TPSA) is 92.5 Å². The van der Waals surface area contributed by atoms with E-state index in [1.807, 2.05) is 13.8 Å². The molecule has 0 spiro atoms. The largest absolute Gasteiger partial charge is 0.393 e. The third-order valence-corrected chi connectivity index (χ3v) is 2.09. The van der Waals surface area contributed by atoms with Gasteiger partial charge in [0.25, 0.3) is 0 Å². The molecule has 4 heteroatoms. The van der Waals surface area contributed by atoms with Crippen molar-refractivity contribution in [1.29, 1.82) is 0 Å². The first kappa shape index (κ1) is 12.3. The zero-order valence-corrected chi connectivity index (χ0v) is 8.33. The smallest absolute Gasteiger partial charge is 0.0952 e. The Morgan fingerprint density at radius 3 is 2.00 bits per heavy atom. The van der Waals surface area contributed by atoms with Gasteiger partial charge in [0.05, 0.1) is 18.0 Å². The van der Waals surface area contributed by atoms with Gasteiger partial charge in [-0.05, 0) is 12.8 Å². The van der Waals surface area contributed by atoms with Crippen molar-refractivity contribution in [1.82, 2.24) is 0 Å². The summed E-state index contributed by atoms with van der Waals surface area (Å²) >= 11 is 0. The van der Waals surface area contributed by atoms with Crippen LogP contribution in [0.15, 0.2) is 11.4 Å². The lowest BCUT2D eigenvalue weighted by molar-refractivity contribution is 0.146. The Bertz CT molecular complexity index is 176. The fourth-order valence-electron chi connectivity index (χ4n) is 1.09. The van der Waals surface area contributed by atoms with Crippen LogP contribution < -0.4 is 11.5 Å². The van der Waals surface area contributed by atoms with Crippen LogP contribution in [0.1, 0.15) is 33.1 Å². The van der Waals surface area contributed by atoms with Crippen molar-refractivity contribution in [2.24, 2.45) is 11.5 Å². The minimum Gasteiger partial charge on any atom is -0.393 e. The molecule has 6 N–H and O–H groups in total. The second-order valence-corrected chi connectivity index (χ2v) is 3.17. The second-order valence-electron chi connectivity index (χ2n) is 3.17. The third-order valence-electron chi connectivity index (χ3n) is 2.09. The summed E-state index contributed by atoms with van der Waals surface area (Å²) in [6, 6.07) is 0. The van der Waals surface area contributed by atoms with Crippen LogP contribution in [0.4, 0.5) is 0 Å². The minimum absolute atomic E-state index is 0.127. The van der Waals surface area contributed by atoms with Gasteiger partial charge in [-0.1, -0.05) is 13.8 Å². The number of aliphatic hydroxyl groups is 2. The summed E-state index contributed by atoms with van der Waals surface area (Å²) in [5.41, 5.74) is 11.4. The molecule has 0 aliphatic heterocycles. The number of hydrogen-bond donors (Lipinski definition) is 4. The number of aliphatic hydroxyl groups excluding tert-OH is 2. The second kappa shape index (κ2) is 5.83. The fraction of sp³-hybridized carbons (Fsp3) is 0.778. The predicted octanol–water partition coefficient (Wildman–Crippen LogP) is 0.0473. The van der Waals surface area contributed by atoms with Gasteiger partial charge in [-0.2, -0.15) is 0 Å². The monoisotopic (exact) mass is 188 g/mol. The summed E-state index contributed by atoms with van der Waals surface area (Å²) in [7, 11) is 0. The predicted molar refractivity (Wildman–Crippen MR) is 52.6 cm³/mol. The first-order chi connectivity index (χ1) is 6.02. The molecule has 0 heterocycles. The van der Waals surface area contributed by atoms with Gasteiger partial charge in [0.2, 0.25) is 0 Å². The highest BCUT2D eigenvalue weighted by Gasteiger charge is 2.15. The maximum absolute atomic E-state index is 9.50. The fourth-order valence-corrected chi connectivity index (χ4v) is 1.09. The Morgan fingerprint density at radius 1 is 1.15 bits per heavy atom. The zero-order valence-electron chi connectivity index (χ0n) is 8.33. The van der Waals surface area contributed by atoms with E-state index in [4.69, 9.17) is 11.5 Å². The Balaban J connectivity index is 4.38. The lowest BCUT2D eigenvalue weighted by Gasteiger charge is -2.17. The van der Waals surface area contributed by atoms with Crippen molar-refractivity contribution in [3.05, 3.63) is 11.4 Å². The van der Waals surface area contributed by atoms with E-state index in [1.54, 1.807) is 0 Å². The van der Waals surface area contributed by atoms with Gasteiger partial charge in [-0.25, -0.2) is 0 Å². The average molecular weight is 188 g/mol. The Morgan fingerprint density at radius 2 is 1.69 bits per heavy atom. The quantitative estimate of drug-likeness (QED) is 0.490. The molecule has 0 amide bonds. The Hall–Kier alpha value is -0.740. The van der Waals surface area contributed by atoms with Crippen LogP contribution in [0.2, 0.25) is 0 Å². The molecule has 0 fully saturated rings. The maximum Gasteiger partial charge on any atom is 0.0952 e. The Labute approximate surface area is 79.2 Å². The van der Waals surface area contributed by atoms with Gasteiger partial charge in [0.1, 0.15) is 0 Å². The summed E-state index contributed by atoms with van der Waals surface area (Å²) in [4.78, 5) is 0. The minimum atomic E-state index is -0.633. The molecule has 0 rings (SSSR count). The first-order valence-electron chi connectivity index (χ1n) is 4.62. The molecule has 0 aliphatic rings. The van der Waals surface area contributed by atoms with Crippen molar-refractivity contribution in [3.8, 4) is 0 Å². The van der Waals surface area contributed by atoms with Gasteiger partial charge in [-0.15, -0.1) is 0 Å². The SMILES string of the molecule is CCC(O)CC(=C(N)N)C(O)CC. The molecule has 0 saturated heterocycles. The molecule has 0 aromatic carbocycles. The summed E-state index contributed by atoms with van der Waals surface area (Å²) in [6.07, 6.45) is 0.439. The van der Waals surface area contributed by atoms with Crippen molar-refractivity contribution < 1.29 is 10.2 Å². The third kappa shape index (κ3) is 4.15. The zero-order chi connectivity index (χ0) is 10.4.